The van der Waals surface area contributed by atoms with Crippen molar-refractivity contribution in [1.29, 1.82) is 0 Å². The Labute approximate surface area is 131 Å². The molecule has 2 rings (SSSR count). The van der Waals surface area contributed by atoms with Crippen molar-refractivity contribution >= 4 is 17.8 Å². The van der Waals surface area contributed by atoms with Crippen molar-refractivity contribution < 1.29 is 19.8 Å². The molecule has 2 heterocycles. The Balaban J connectivity index is 2.28. The van der Waals surface area contributed by atoms with E-state index < -0.39 is 17.5 Å². The fraction of sp³-hybridized carbons (Fsp3) is 0.133. The highest BCUT2D eigenvalue weighted by atomic mass is 16.4. The van der Waals surface area contributed by atoms with E-state index in [1.165, 1.54) is 12.3 Å². The van der Waals surface area contributed by atoms with E-state index in [-0.39, 0.29) is 5.82 Å². The zero-order valence-electron chi connectivity index (χ0n) is 12.1. The lowest BCUT2D eigenvalue weighted by molar-refractivity contribution is -0.312. The Kier molecular flexibility index (Phi) is 4.98. The van der Waals surface area contributed by atoms with Gasteiger partial charge in [-0.15, -0.1) is 0 Å². The second kappa shape index (κ2) is 7.12. The number of pyridine rings is 1. The van der Waals surface area contributed by atoms with Crippen molar-refractivity contribution in [3.8, 4) is 11.4 Å². The van der Waals surface area contributed by atoms with E-state index >= 15 is 0 Å². The van der Waals surface area contributed by atoms with Gasteiger partial charge in [-0.2, -0.15) is 0 Å². The largest absolute Gasteiger partial charge is 0.545 e. The maximum Gasteiger partial charge on any atom is 0.161 e. The third kappa shape index (κ3) is 4.10. The summed E-state index contributed by atoms with van der Waals surface area (Å²) in [6.07, 6.45) is 4.61. The van der Waals surface area contributed by atoms with Crippen LogP contribution in [-0.4, -0.2) is 26.9 Å². The number of carboxylic acids is 2. The fourth-order valence-corrected chi connectivity index (χ4v) is 1.74. The number of carboxylic acid groups (broad SMARTS) is 2. The first-order chi connectivity index (χ1) is 11.0. The van der Waals surface area contributed by atoms with Gasteiger partial charge in [0.2, 0.25) is 0 Å². The van der Waals surface area contributed by atoms with Crippen LogP contribution < -0.4 is 15.5 Å². The summed E-state index contributed by atoms with van der Waals surface area (Å²) in [5.74, 6) is -3.09. The molecule has 0 spiro atoms. The first kappa shape index (κ1) is 16.1. The lowest BCUT2D eigenvalue weighted by Crippen LogP contribution is -2.36. The van der Waals surface area contributed by atoms with Gasteiger partial charge >= 0.3 is 0 Å². The summed E-state index contributed by atoms with van der Waals surface area (Å²) >= 11 is 0. The van der Waals surface area contributed by atoms with Gasteiger partial charge in [-0.25, -0.2) is 9.97 Å². The number of carbonyl (C=O) groups excluding carboxylic acids is 2. The minimum atomic E-state index is -1.85. The zero-order chi connectivity index (χ0) is 16.8. The van der Waals surface area contributed by atoms with Gasteiger partial charge in [0.25, 0.3) is 0 Å². The molecule has 0 aliphatic rings. The average Bonchev–Trinajstić information content (AvgIpc) is 2.54. The number of aliphatic carboxylic acids is 2. The zero-order valence-corrected chi connectivity index (χ0v) is 12.1. The number of aromatic nitrogens is 3. The predicted octanol–water partition coefficient (Wildman–Crippen LogP) is -1.10. The minimum absolute atomic E-state index is 0.227. The molecule has 0 unspecified atom stereocenters. The van der Waals surface area contributed by atoms with E-state index in [0.717, 1.165) is 23.9 Å². The number of aryl methyl sites for hydroxylation is 1. The first-order valence-corrected chi connectivity index (χ1v) is 6.69. The second-order valence-corrected chi connectivity index (χ2v) is 4.43. The molecule has 0 radical (unpaired) electrons. The summed E-state index contributed by atoms with van der Waals surface area (Å²) < 4.78 is 0. The summed E-state index contributed by atoms with van der Waals surface area (Å²) in [6, 6.07) is 5.04. The Morgan fingerprint density at radius 1 is 1.17 bits per heavy atom. The molecule has 0 amide bonds. The molecule has 8 heteroatoms. The molecule has 0 saturated carbocycles. The van der Waals surface area contributed by atoms with Gasteiger partial charge in [0.1, 0.15) is 5.82 Å². The standard InChI is InChI=1S/C15H14N4O4/c1-2-10-7-9(3-5-16-10)13-17-6-4-12(19-13)18-8-11(14(20)21)15(22)23/h3-8H,2H2,1H3,(H,20,21)(H,22,23)(H,17,18,19)/p-2. The molecule has 0 aromatic carbocycles. The van der Waals surface area contributed by atoms with Crippen LogP contribution in [0.4, 0.5) is 5.82 Å². The van der Waals surface area contributed by atoms with Gasteiger partial charge in [-0.1, -0.05) is 6.92 Å². The fourth-order valence-electron chi connectivity index (χ4n) is 1.74. The molecule has 23 heavy (non-hydrogen) atoms. The van der Waals surface area contributed by atoms with E-state index in [2.05, 4.69) is 20.3 Å². The third-order valence-corrected chi connectivity index (χ3v) is 2.90. The highest BCUT2D eigenvalue weighted by Crippen LogP contribution is 2.17. The topological polar surface area (TPSA) is 131 Å². The molecule has 2 aromatic rings. The molecule has 0 fully saturated rings. The third-order valence-electron chi connectivity index (χ3n) is 2.90. The molecule has 0 bridgehead atoms. The summed E-state index contributed by atoms with van der Waals surface area (Å²) in [7, 11) is 0. The van der Waals surface area contributed by atoms with Gasteiger partial charge in [0.15, 0.2) is 5.82 Å². The molecule has 0 aliphatic heterocycles. The van der Waals surface area contributed by atoms with E-state index in [4.69, 9.17) is 0 Å². The smallest absolute Gasteiger partial charge is 0.161 e. The van der Waals surface area contributed by atoms with Crippen LogP contribution in [0.25, 0.3) is 11.4 Å². The first-order valence-electron chi connectivity index (χ1n) is 6.69. The van der Waals surface area contributed by atoms with Crippen molar-refractivity contribution in [3.05, 3.63) is 48.1 Å². The maximum atomic E-state index is 10.6. The van der Waals surface area contributed by atoms with E-state index in [9.17, 15) is 19.8 Å². The van der Waals surface area contributed by atoms with Crippen LogP contribution in [0, 0.1) is 0 Å². The number of nitrogens with zero attached hydrogens (tertiary/aromatic N) is 3. The molecule has 0 aliphatic carbocycles. The van der Waals surface area contributed by atoms with Crippen molar-refractivity contribution in [3.63, 3.8) is 0 Å². The van der Waals surface area contributed by atoms with Gasteiger partial charge < -0.3 is 25.1 Å². The van der Waals surface area contributed by atoms with Crippen LogP contribution in [0.3, 0.4) is 0 Å². The van der Waals surface area contributed by atoms with Crippen LogP contribution in [-0.2, 0) is 16.0 Å². The van der Waals surface area contributed by atoms with Crippen LogP contribution in [0.1, 0.15) is 12.6 Å². The molecule has 0 saturated heterocycles. The Bertz CT molecular complexity index is 758. The summed E-state index contributed by atoms with van der Waals surface area (Å²) in [5.41, 5.74) is 0.604. The van der Waals surface area contributed by atoms with Gasteiger partial charge in [-0.05, 0) is 24.6 Å². The van der Waals surface area contributed by atoms with Crippen LogP contribution >= 0.6 is 0 Å². The van der Waals surface area contributed by atoms with Crippen molar-refractivity contribution in [2.45, 2.75) is 13.3 Å². The Hall–Kier alpha value is -3.29. The lowest BCUT2D eigenvalue weighted by atomic mass is 10.2. The van der Waals surface area contributed by atoms with Crippen molar-refractivity contribution in [2.24, 2.45) is 0 Å². The minimum Gasteiger partial charge on any atom is -0.545 e. The Morgan fingerprint density at radius 2 is 1.87 bits per heavy atom. The highest BCUT2D eigenvalue weighted by molar-refractivity contribution is 6.10. The quantitative estimate of drug-likeness (QED) is 0.404. The SMILES string of the molecule is CCc1cc(-c2nccc(NC=C(C(=O)[O-])C(=O)[O-])n2)ccn1. The van der Waals surface area contributed by atoms with Crippen molar-refractivity contribution in [1.82, 2.24) is 15.0 Å². The van der Waals surface area contributed by atoms with E-state index in [0.29, 0.717) is 5.82 Å². The highest BCUT2D eigenvalue weighted by Gasteiger charge is 2.04. The number of anilines is 1. The summed E-state index contributed by atoms with van der Waals surface area (Å²) in [5, 5.41) is 23.8. The van der Waals surface area contributed by atoms with Crippen LogP contribution in [0.15, 0.2) is 42.4 Å². The number of nitrogens with one attached hydrogen (secondary N) is 1. The van der Waals surface area contributed by atoms with Crippen LogP contribution in [0.5, 0.6) is 0 Å². The number of rotatable bonds is 6. The van der Waals surface area contributed by atoms with Crippen molar-refractivity contribution in [2.75, 3.05) is 5.32 Å². The molecule has 0 atom stereocenters. The molecule has 118 valence electrons. The molecule has 1 N–H and O–H groups in total. The summed E-state index contributed by atoms with van der Waals surface area (Å²) in [4.78, 5) is 33.8. The summed E-state index contributed by atoms with van der Waals surface area (Å²) in [6.45, 7) is 1.97. The van der Waals surface area contributed by atoms with Gasteiger partial charge in [-0.3, -0.25) is 4.98 Å². The molecule has 8 nitrogen and oxygen atoms in total. The second-order valence-electron chi connectivity index (χ2n) is 4.43. The molecule has 2 aromatic heterocycles. The maximum absolute atomic E-state index is 10.6. The number of hydrogen-bond donors (Lipinski definition) is 1. The number of hydrogen-bond acceptors (Lipinski definition) is 8. The lowest BCUT2D eigenvalue weighted by Gasteiger charge is -2.10. The predicted molar refractivity (Wildman–Crippen MR) is 76.4 cm³/mol. The van der Waals surface area contributed by atoms with E-state index in [1.807, 2.05) is 13.0 Å². The number of carbonyl (C=O) groups is 2. The van der Waals surface area contributed by atoms with Gasteiger partial charge in [0, 0.05) is 35.4 Å². The molecular weight excluding hydrogens is 300 g/mol. The van der Waals surface area contributed by atoms with Gasteiger partial charge in [0.05, 0.1) is 11.9 Å². The van der Waals surface area contributed by atoms with Crippen LogP contribution in [0.2, 0.25) is 0 Å². The van der Waals surface area contributed by atoms with E-state index in [1.54, 1.807) is 12.3 Å². The Morgan fingerprint density at radius 3 is 2.52 bits per heavy atom. The monoisotopic (exact) mass is 312 g/mol. The normalized spacial score (nSPS) is 9.96. The average molecular weight is 312 g/mol. The molecular formula is C15H12N4O4-2.